The second kappa shape index (κ2) is 10.9. The van der Waals surface area contributed by atoms with Gasteiger partial charge in [0.2, 0.25) is 0 Å². The lowest BCUT2D eigenvalue weighted by molar-refractivity contribution is -0.156. The summed E-state index contributed by atoms with van der Waals surface area (Å²) in [4.78, 5) is 11.3. The highest BCUT2D eigenvalue weighted by Crippen LogP contribution is 2.17. The van der Waals surface area contributed by atoms with Gasteiger partial charge in [-0.25, -0.2) is 0 Å². The molecule has 1 heterocycles. The molecular weight excluding hydrogens is 332 g/mol. The van der Waals surface area contributed by atoms with Crippen LogP contribution in [0.15, 0.2) is 48.6 Å². The van der Waals surface area contributed by atoms with Gasteiger partial charge in [0.25, 0.3) is 0 Å². The maximum atomic E-state index is 11.3. The van der Waals surface area contributed by atoms with Gasteiger partial charge in [0.1, 0.15) is 6.10 Å². The number of hydrogen-bond donors (Lipinski definition) is 1. The molecule has 26 heavy (non-hydrogen) atoms. The van der Waals surface area contributed by atoms with E-state index in [1.807, 2.05) is 54.6 Å². The van der Waals surface area contributed by atoms with E-state index in [0.29, 0.717) is 19.3 Å². The molecule has 2 rings (SSSR count). The topological polar surface area (TPSA) is 65.0 Å². The molecule has 0 aromatic heterocycles. The number of aliphatic hydroxyl groups is 1. The van der Waals surface area contributed by atoms with Crippen molar-refractivity contribution in [1.29, 1.82) is 0 Å². The van der Waals surface area contributed by atoms with Gasteiger partial charge in [-0.15, -0.1) is 0 Å². The zero-order chi connectivity index (χ0) is 18.8. The summed E-state index contributed by atoms with van der Waals surface area (Å²) in [5.41, 5.74) is 1.13. The Balaban J connectivity index is 1.83. The molecule has 0 radical (unpaired) electrons. The Morgan fingerprint density at radius 3 is 2.69 bits per heavy atom. The van der Waals surface area contributed by atoms with Crippen molar-refractivity contribution in [3.8, 4) is 0 Å². The molecule has 1 aromatic carbocycles. The summed E-state index contributed by atoms with van der Waals surface area (Å²) in [5.74, 6) is -0.354. The molecule has 4 unspecified atom stereocenters. The molecule has 1 aliphatic rings. The van der Waals surface area contributed by atoms with Crippen molar-refractivity contribution in [3.63, 3.8) is 0 Å². The predicted octanol–water partition coefficient (Wildman–Crippen LogP) is 3.13. The molecule has 4 atom stereocenters. The van der Waals surface area contributed by atoms with Crippen LogP contribution in [0.3, 0.4) is 0 Å². The van der Waals surface area contributed by atoms with E-state index in [9.17, 15) is 9.90 Å². The largest absolute Gasteiger partial charge is 0.458 e. The van der Waals surface area contributed by atoms with E-state index >= 15 is 0 Å². The van der Waals surface area contributed by atoms with E-state index in [2.05, 4.69) is 0 Å². The molecule has 5 nitrogen and oxygen atoms in total. The smallest absolute Gasteiger partial charge is 0.309 e. The molecular formula is C21H28O5. The number of methoxy groups -OCH3 is 2. The number of cyclic esters (lactones) is 1. The third kappa shape index (κ3) is 7.12. The first kappa shape index (κ1) is 20.4. The average Bonchev–Trinajstić information content (AvgIpc) is 2.63. The molecule has 0 aliphatic carbocycles. The molecule has 0 spiro atoms. The van der Waals surface area contributed by atoms with E-state index in [1.165, 1.54) is 0 Å². The minimum atomic E-state index is -0.620. The average molecular weight is 360 g/mol. The minimum Gasteiger partial charge on any atom is -0.458 e. The van der Waals surface area contributed by atoms with Crippen LogP contribution in [0.2, 0.25) is 0 Å². The Hall–Kier alpha value is -1.95. The van der Waals surface area contributed by atoms with Gasteiger partial charge >= 0.3 is 5.97 Å². The monoisotopic (exact) mass is 360 g/mol. The summed E-state index contributed by atoms with van der Waals surface area (Å²) in [5, 5.41) is 9.63. The SMILES string of the molecule is COC(C=Cc1ccccc1)CC(CC=CC1CC(O)CC(=O)O1)OC. The Labute approximate surface area is 155 Å². The van der Waals surface area contributed by atoms with Crippen LogP contribution in [0.1, 0.15) is 31.2 Å². The third-order valence-corrected chi connectivity index (χ3v) is 4.37. The summed E-state index contributed by atoms with van der Waals surface area (Å²) in [6.45, 7) is 0. The lowest BCUT2D eigenvalue weighted by Gasteiger charge is -2.23. The summed E-state index contributed by atoms with van der Waals surface area (Å²) >= 11 is 0. The molecule has 1 N–H and O–H groups in total. The van der Waals surface area contributed by atoms with Gasteiger partial charge < -0.3 is 19.3 Å². The van der Waals surface area contributed by atoms with Crippen LogP contribution in [0, 0.1) is 0 Å². The minimum absolute atomic E-state index is 0.0131. The lowest BCUT2D eigenvalue weighted by Crippen LogP contribution is -2.31. The van der Waals surface area contributed by atoms with E-state index in [-0.39, 0.29) is 30.7 Å². The predicted molar refractivity (Wildman–Crippen MR) is 101 cm³/mol. The lowest BCUT2D eigenvalue weighted by atomic mass is 10.0. The van der Waals surface area contributed by atoms with Crippen molar-refractivity contribution >= 4 is 12.0 Å². The molecule has 0 saturated carbocycles. The number of esters is 1. The Morgan fingerprint density at radius 1 is 1.27 bits per heavy atom. The van der Waals surface area contributed by atoms with E-state index in [4.69, 9.17) is 14.2 Å². The second-order valence-electron chi connectivity index (χ2n) is 6.42. The van der Waals surface area contributed by atoms with Crippen molar-refractivity contribution in [1.82, 2.24) is 0 Å². The quantitative estimate of drug-likeness (QED) is 0.541. The van der Waals surface area contributed by atoms with Crippen molar-refractivity contribution < 1.29 is 24.1 Å². The van der Waals surface area contributed by atoms with Crippen molar-refractivity contribution in [2.24, 2.45) is 0 Å². The van der Waals surface area contributed by atoms with E-state index in [0.717, 1.165) is 5.56 Å². The Morgan fingerprint density at radius 2 is 2.04 bits per heavy atom. The highest BCUT2D eigenvalue weighted by molar-refractivity contribution is 5.71. The molecule has 1 fully saturated rings. The fraction of sp³-hybridized carbons (Fsp3) is 0.476. The van der Waals surface area contributed by atoms with E-state index < -0.39 is 6.10 Å². The normalized spacial score (nSPS) is 23.3. The number of benzene rings is 1. The summed E-state index contributed by atoms with van der Waals surface area (Å²) in [6, 6.07) is 10.1. The summed E-state index contributed by atoms with van der Waals surface area (Å²) in [7, 11) is 3.36. The van der Waals surface area contributed by atoms with Crippen LogP contribution in [-0.4, -0.2) is 49.7 Å². The van der Waals surface area contributed by atoms with Crippen LogP contribution in [0.4, 0.5) is 0 Å². The van der Waals surface area contributed by atoms with Gasteiger partial charge in [-0.05, 0) is 18.1 Å². The fourth-order valence-electron chi connectivity index (χ4n) is 2.89. The fourth-order valence-corrected chi connectivity index (χ4v) is 2.89. The first-order valence-electron chi connectivity index (χ1n) is 8.93. The van der Waals surface area contributed by atoms with Crippen LogP contribution in [0.5, 0.6) is 0 Å². The Kier molecular flexibility index (Phi) is 8.54. The van der Waals surface area contributed by atoms with E-state index in [1.54, 1.807) is 14.2 Å². The van der Waals surface area contributed by atoms with Crippen molar-refractivity contribution in [2.45, 2.75) is 50.1 Å². The molecule has 1 saturated heterocycles. The maximum Gasteiger partial charge on any atom is 0.309 e. The number of hydrogen-bond acceptors (Lipinski definition) is 5. The number of carbonyl (C=O) groups excluding carboxylic acids is 1. The maximum absolute atomic E-state index is 11.3. The second-order valence-corrected chi connectivity index (χ2v) is 6.42. The van der Waals surface area contributed by atoms with Crippen LogP contribution in [-0.2, 0) is 19.0 Å². The Bertz CT molecular complexity index is 596. The molecule has 1 aliphatic heterocycles. The van der Waals surface area contributed by atoms with Gasteiger partial charge in [-0.1, -0.05) is 48.6 Å². The number of ether oxygens (including phenoxy) is 3. The zero-order valence-corrected chi connectivity index (χ0v) is 15.4. The molecule has 0 amide bonds. The third-order valence-electron chi connectivity index (χ3n) is 4.37. The number of aliphatic hydroxyl groups excluding tert-OH is 1. The van der Waals surface area contributed by atoms with Crippen LogP contribution in [0.25, 0.3) is 6.08 Å². The molecule has 5 heteroatoms. The number of rotatable bonds is 9. The van der Waals surface area contributed by atoms with Crippen molar-refractivity contribution in [2.75, 3.05) is 14.2 Å². The zero-order valence-electron chi connectivity index (χ0n) is 15.4. The van der Waals surface area contributed by atoms with Gasteiger partial charge in [0.15, 0.2) is 0 Å². The highest BCUT2D eigenvalue weighted by Gasteiger charge is 2.25. The highest BCUT2D eigenvalue weighted by atomic mass is 16.5. The van der Waals surface area contributed by atoms with Crippen molar-refractivity contribution in [3.05, 3.63) is 54.1 Å². The first-order chi connectivity index (χ1) is 12.6. The standard InChI is InChI=1S/C21H28O5/c1-24-18(9-6-10-20-13-17(22)14-21(23)26-20)15-19(25-2)12-11-16-7-4-3-5-8-16/h3-8,10-12,17-20,22H,9,13-15H2,1-2H3. The summed E-state index contributed by atoms with van der Waals surface area (Å²) < 4.78 is 16.3. The van der Waals surface area contributed by atoms with Gasteiger partial charge in [-0.2, -0.15) is 0 Å². The molecule has 0 bridgehead atoms. The van der Waals surface area contributed by atoms with Gasteiger partial charge in [0, 0.05) is 27.1 Å². The van der Waals surface area contributed by atoms with Gasteiger partial charge in [-0.3, -0.25) is 4.79 Å². The summed E-state index contributed by atoms with van der Waals surface area (Å²) in [6.07, 6.45) is 8.71. The molecule has 142 valence electrons. The first-order valence-corrected chi connectivity index (χ1v) is 8.93. The van der Waals surface area contributed by atoms with Gasteiger partial charge in [0.05, 0.1) is 24.7 Å². The van der Waals surface area contributed by atoms with Crippen LogP contribution >= 0.6 is 0 Å². The molecule has 1 aromatic rings. The van der Waals surface area contributed by atoms with Crippen LogP contribution < -0.4 is 0 Å². The number of carbonyl (C=O) groups is 1.